The van der Waals surface area contributed by atoms with Gasteiger partial charge in [-0.25, -0.2) is 4.63 Å². The Morgan fingerprint density at radius 3 is 2.07 bits per heavy atom. The molecule has 2 aliphatic heterocycles. The van der Waals surface area contributed by atoms with Crippen LogP contribution in [0.25, 0.3) is 11.0 Å². The third-order valence-corrected chi connectivity index (χ3v) is 11.2. The molecule has 236 valence electrons. The maximum atomic E-state index is 13.5. The van der Waals surface area contributed by atoms with Crippen LogP contribution < -0.4 is 5.32 Å². The van der Waals surface area contributed by atoms with E-state index in [2.05, 4.69) is 81.2 Å². The van der Waals surface area contributed by atoms with E-state index in [1.807, 2.05) is 13.8 Å². The Balaban J connectivity index is 1.28. The average Bonchev–Trinajstić information content (AvgIpc) is 3.54. The minimum absolute atomic E-state index is 0.0715. The van der Waals surface area contributed by atoms with Crippen LogP contribution in [0.3, 0.4) is 0 Å². The molecule has 2 aliphatic rings. The van der Waals surface area contributed by atoms with E-state index in [9.17, 15) is 19.8 Å². The molecule has 0 saturated carbocycles. The summed E-state index contributed by atoms with van der Waals surface area (Å²) in [4.78, 5) is 29.0. The molecule has 3 N–H and O–H groups in total. The molecule has 9 nitrogen and oxygen atoms in total. The molecule has 0 spiro atoms. The van der Waals surface area contributed by atoms with Gasteiger partial charge < -0.3 is 20.4 Å². The Kier molecular flexibility index (Phi) is 8.26. The third kappa shape index (κ3) is 5.02. The number of fused-ring (bicyclic) bond motifs is 1. The van der Waals surface area contributed by atoms with Crippen LogP contribution in [0.5, 0.6) is 0 Å². The molecule has 45 heavy (non-hydrogen) atoms. The molecular weight excluding hydrogens is 568 g/mol. The summed E-state index contributed by atoms with van der Waals surface area (Å²) in [6.07, 6.45) is 2.83. The van der Waals surface area contributed by atoms with Crippen LogP contribution in [0.15, 0.2) is 83.5 Å². The summed E-state index contributed by atoms with van der Waals surface area (Å²) >= 11 is 0. The molecule has 6 rings (SSSR count). The summed E-state index contributed by atoms with van der Waals surface area (Å²) in [5, 5.41) is 33.2. The minimum atomic E-state index is -1.44. The van der Waals surface area contributed by atoms with Crippen molar-refractivity contribution >= 4 is 23.0 Å². The van der Waals surface area contributed by atoms with Crippen molar-refractivity contribution in [2.45, 2.75) is 69.9 Å². The van der Waals surface area contributed by atoms with Gasteiger partial charge in [0.15, 0.2) is 0 Å². The van der Waals surface area contributed by atoms with Crippen molar-refractivity contribution in [3.63, 3.8) is 0 Å². The molecule has 2 fully saturated rings. The lowest BCUT2D eigenvalue weighted by molar-refractivity contribution is -0.171. The van der Waals surface area contributed by atoms with Crippen molar-refractivity contribution in [2.24, 2.45) is 10.8 Å². The molecule has 0 bridgehead atoms. The number of hydrogen-bond donors (Lipinski definition) is 3. The van der Waals surface area contributed by atoms with Crippen molar-refractivity contribution in [1.29, 1.82) is 0 Å². The highest BCUT2D eigenvalue weighted by Crippen LogP contribution is 2.58. The first kappa shape index (κ1) is 30.9. The molecule has 0 amide bonds. The van der Waals surface area contributed by atoms with Crippen molar-refractivity contribution in [3.8, 4) is 0 Å². The Hall–Kier alpha value is -4.08. The summed E-state index contributed by atoms with van der Waals surface area (Å²) in [7, 11) is 0. The van der Waals surface area contributed by atoms with Gasteiger partial charge in [-0.2, -0.15) is 0 Å². The Morgan fingerprint density at radius 2 is 1.49 bits per heavy atom. The van der Waals surface area contributed by atoms with Crippen LogP contribution in [-0.4, -0.2) is 69.1 Å². The zero-order valence-electron chi connectivity index (χ0n) is 26.1. The lowest BCUT2D eigenvalue weighted by atomic mass is 9.51. The summed E-state index contributed by atoms with van der Waals surface area (Å²) in [6.45, 7) is 7.84. The topological polar surface area (TPSA) is 129 Å². The largest absolute Gasteiger partial charge is 0.481 e. The molecule has 5 atom stereocenters. The van der Waals surface area contributed by atoms with Gasteiger partial charge in [0.05, 0.1) is 10.8 Å². The van der Waals surface area contributed by atoms with Crippen LogP contribution in [0.1, 0.15) is 69.1 Å². The third-order valence-electron chi connectivity index (χ3n) is 11.2. The molecule has 3 heterocycles. The van der Waals surface area contributed by atoms with Crippen molar-refractivity contribution in [2.75, 3.05) is 19.6 Å². The van der Waals surface area contributed by atoms with Gasteiger partial charge in [0.2, 0.25) is 0 Å². The summed E-state index contributed by atoms with van der Waals surface area (Å²) in [6, 6.07) is 25.7. The second kappa shape index (κ2) is 12.0. The Labute approximate surface area is 263 Å². The molecular formula is C36H42N4O5. The number of carboxylic acid groups (broad SMARTS) is 2. The highest BCUT2D eigenvalue weighted by Gasteiger charge is 2.65. The first-order chi connectivity index (χ1) is 21.6. The SMILES string of the molecule is CC1NC(C)C(CCCN2CCC(c3ccccc3)(c3ccccc3)CC2)(C(=O)O)[C@H](c2cccc3nonc23)C1(C)C(=O)O. The van der Waals surface area contributed by atoms with E-state index in [-0.39, 0.29) is 5.41 Å². The molecule has 4 unspecified atom stereocenters. The maximum absolute atomic E-state index is 13.5. The number of nitrogens with zero attached hydrogens (tertiary/aromatic N) is 3. The van der Waals surface area contributed by atoms with Gasteiger partial charge in [0, 0.05) is 23.4 Å². The van der Waals surface area contributed by atoms with Crippen molar-refractivity contribution in [3.05, 3.63) is 95.6 Å². The fraction of sp³-hybridized carbons (Fsp3) is 0.444. The van der Waals surface area contributed by atoms with Gasteiger partial charge in [0.25, 0.3) is 0 Å². The summed E-state index contributed by atoms with van der Waals surface area (Å²) < 4.78 is 5.03. The number of nitrogens with one attached hydrogen (secondary N) is 1. The first-order valence-corrected chi connectivity index (χ1v) is 15.9. The van der Waals surface area contributed by atoms with Crippen LogP contribution in [0.4, 0.5) is 0 Å². The highest BCUT2D eigenvalue weighted by atomic mass is 16.6. The Bertz CT molecular complexity index is 1610. The van der Waals surface area contributed by atoms with Gasteiger partial charge in [-0.1, -0.05) is 72.8 Å². The number of carbonyl (C=O) groups is 2. The average molecular weight is 611 g/mol. The molecule has 2 saturated heterocycles. The zero-order chi connectivity index (χ0) is 31.8. The smallest absolute Gasteiger partial charge is 0.311 e. The molecule has 0 aliphatic carbocycles. The van der Waals surface area contributed by atoms with E-state index < -0.39 is 40.8 Å². The van der Waals surface area contributed by atoms with Crippen molar-refractivity contribution in [1.82, 2.24) is 20.5 Å². The summed E-state index contributed by atoms with van der Waals surface area (Å²) in [5.74, 6) is -2.94. The van der Waals surface area contributed by atoms with E-state index in [0.29, 0.717) is 29.4 Å². The number of benzene rings is 3. The molecule has 4 aromatic rings. The monoisotopic (exact) mass is 610 g/mol. The van der Waals surface area contributed by atoms with Crippen LogP contribution >= 0.6 is 0 Å². The molecule has 9 heteroatoms. The van der Waals surface area contributed by atoms with Gasteiger partial charge in [-0.15, -0.1) is 0 Å². The van der Waals surface area contributed by atoms with Crippen molar-refractivity contribution < 1.29 is 24.4 Å². The zero-order valence-corrected chi connectivity index (χ0v) is 26.1. The second-order valence-corrected chi connectivity index (χ2v) is 13.2. The lowest BCUT2D eigenvalue weighted by Crippen LogP contribution is -2.68. The number of piperidine rings is 2. The van der Waals surface area contributed by atoms with E-state index in [0.717, 1.165) is 32.5 Å². The number of carboxylic acids is 2. The van der Waals surface area contributed by atoms with Gasteiger partial charge in [-0.05, 0) is 99.2 Å². The maximum Gasteiger partial charge on any atom is 0.311 e. The number of likely N-dealkylation sites (tertiary alicyclic amines) is 1. The van der Waals surface area contributed by atoms with Crippen LogP contribution in [0, 0.1) is 10.8 Å². The van der Waals surface area contributed by atoms with Gasteiger partial charge in [-0.3, -0.25) is 9.59 Å². The minimum Gasteiger partial charge on any atom is -0.481 e. The standard InChI is InChI=1S/C36H42N4O5/c1-24-34(3,32(41)42)31(28-16-10-17-29-30(28)39-45-38-29)36(33(43)44,25(2)37-24)18-11-21-40-22-19-35(20-23-40,26-12-6-4-7-13-26)27-14-8-5-9-15-27/h4-10,12-17,24-25,31,37H,11,18-23H2,1-3H3,(H,41,42)(H,43,44)/t24?,25?,31-,34?,36?/m1/s1. The van der Waals surface area contributed by atoms with E-state index in [1.54, 1.807) is 25.1 Å². The fourth-order valence-corrected chi connectivity index (χ4v) is 8.49. The number of rotatable bonds is 9. The molecule has 1 aromatic heterocycles. The molecule has 0 radical (unpaired) electrons. The molecule has 3 aromatic carbocycles. The predicted molar refractivity (Wildman–Crippen MR) is 171 cm³/mol. The summed E-state index contributed by atoms with van der Waals surface area (Å²) in [5.41, 5.74) is 1.17. The quantitative estimate of drug-likeness (QED) is 0.218. The van der Waals surface area contributed by atoms with Gasteiger partial charge in [0.1, 0.15) is 11.0 Å². The highest BCUT2D eigenvalue weighted by molar-refractivity contribution is 5.87. The fourth-order valence-electron chi connectivity index (χ4n) is 8.49. The van der Waals surface area contributed by atoms with E-state index in [4.69, 9.17) is 4.63 Å². The number of aromatic nitrogens is 2. The Morgan fingerprint density at radius 1 is 0.867 bits per heavy atom. The predicted octanol–water partition coefficient (Wildman–Crippen LogP) is 5.71. The van der Waals surface area contributed by atoms with Crippen LogP contribution in [0.2, 0.25) is 0 Å². The van der Waals surface area contributed by atoms with Gasteiger partial charge >= 0.3 is 11.9 Å². The number of hydrogen-bond acceptors (Lipinski definition) is 7. The first-order valence-electron chi connectivity index (χ1n) is 15.9. The number of aliphatic carboxylic acids is 2. The van der Waals surface area contributed by atoms with E-state index in [1.165, 1.54) is 11.1 Å². The second-order valence-electron chi connectivity index (χ2n) is 13.2. The van der Waals surface area contributed by atoms with E-state index >= 15 is 0 Å². The van der Waals surface area contributed by atoms with Crippen LogP contribution in [-0.2, 0) is 15.0 Å². The lowest BCUT2D eigenvalue weighted by Gasteiger charge is -2.56. The normalized spacial score (nSPS) is 28.6.